The van der Waals surface area contributed by atoms with Gasteiger partial charge >= 0.3 is 5.97 Å². The third-order valence-electron chi connectivity index (χ3n) is 1.87. The topological polar surface area (TPSA) is 92.4 Å². The first kappa shape index (κ1) is 12.6. The van der Waals surface area contributed by atoms with Crippen LogP contribution in [0.2, 0.25) is 0 Å². The summed E-state index contributed by atoms with van der Waals surface area (Å²) in [5.74, 6) is 0.345. The molecule has 1 amide bonds. The Hall–Kier alpha value is -1.50. The fraction of sp³-hybridized carbons (Fsp3) is 0.444. The summed E-state index contributed by atoms with van der Waals surface area (Å²) >= 11 is 1.56. The lowest BCUT2D eigenvalue weighted by atomic mass is 10.2. The molecular weight excluding hydrogens is 232 g/mol. The number of thioether (sulfide) groups is 1. The van der Waals surface area contributed by atoms with Gasteiger partial charge in [-0.3, -0.25) is 4.79 Å². The molecule has 0 saturated heterocycles. The molecule has 1 aromatic rings. The smallest absolute Gasteiger partial charge is 0.326 e. The van der Waals surface area contributed by atoms with Gasteiger partial charge in [0.05, 0.1) is 6.20 Å². The van der Waals surface area contributed by atoms with E-state index in [0.29, 0.717) is 18.6 Å². The van der Waals surface area contributed by atoms with Crippen molar-refractivity contribution >= 4 is 24.1 Å². The van der Waals surface area contributed by atoms with Crippen LogP contribution in [-0.2, 0) is 15.3 Å². The van der Waals surface area contributed by atoms with Gasteiger partial charge in [0.15, 0.2) is 0 Å². The summed E-state index contributed by atoms with van der Waals surface area (Å²) in [6.45, 7) is 0. The standard InChI is InChI=1S/C9H12N2O4S/c12-6-10-8(9(13)14)1-2-16-5-7-3-11-15-4-7/h3-4,6,8H,1-2,5H2,(H,10,12)(H,13,14). The number of carboxylic acids is 1. The number of amides is 1. The van der Waals surface area contributed by atoms with Gasteiger partial charge in [0.2, 0.25) is 6.41 Å². The van der Waals surface area contributed by atoms with Crippen LogP contribution in [0.4, 0.5) is 0 Å². The molecule has 0 spiro atoms. The largest absolute Gasteiger partial charge is 0.480 e. The average molecular weight is 244 g/mol. The van der Waals surface area contributed by atoms with E-state index in [1.54, 1.807) is 24.2 Å². The number of hydrogen-bond acceptors (Lipinski definition) is 5. The molecule has 16 heavy (non-hydrogen) atoms. The van der Waals surface area contributed by atoms with Gasteiger partial charge in [-0.05, 0) is 12.2 Å². The molecule has 7 heteroatoms. The highest BCUT2D eigenvalue weighted by molar-refractivity contribution is 7.98. The van der Waals surface area contributed by atoms with E-state index in [2.05, 4.69) is 15.0 Å². The summed E-state index contributed by atoms with van der Waals surface area (Å²) < 4.78 is 4.65. The molecule has 1 atom stereocenters. The van der Waals surface area contributed by atoms with E-state index in [1.807, 2.05) is 0 Å². The normalized spacial score (nSPS) is 12.0. The third-order valence-corrected chi connectivity index (χ3v) is 2.93. The Kier molecular flexibility index (Phi) is 5.41. The van der Waals surface area contributed by atoms with Crippen LogP contribution < -0.4 is 5.32 Å². The van der Waals surface area contributed by atoms with Crippen LogP contribution in [0.3, 0.4) is 0 Å². The second-order valence-electron chi connectivity index (χ2n) is 3.05. The third kappa shape index (κ3) is 4.35. The van der Waals surface area contributed by atoms with Gasteiger partial charge in [0.1, 0.15) is 12.3 Å². The summed E-state index contributed by atoms with van der Waals surface area (Å²) in [6.07, 6.45) is 3.96. The number of aromatic nitrogens is 1. The lowest BCUT2D eigenvalue weighted by molar-refractivity contribution is -0.140. The van der Waals surface area contributed by atoms with Crippen molar-refractivity contribution in [3.63, 3.8) is 0 Å². The van der Waals surface area contributed by atoms with Crippen molar-refractivity contribution in [1.29, 1.82) is 0 Å². The van der Waals surface area contributed by atoms with E-state index in [-0.39, 0.29) is 0 Å². The SMILES string of the molecule is O=CNC(CCSCc1cnoc1)C(=O)O. The number of nitrogens with one attached hydrogen (secondary N) is 1. The number of hydrogen-bond donors (Lipinski definition) is 2. The zero-order valence-electron chi connectivity index (χ0n) is 8.46. The van der Waals surface area contributed by atoms with Crippen molar-refractivity contribution in [3.05, 3.63) is 18.0 Å². The van der Waals surface area contributed by atoms with Crippen LogP contribution in [0.1, 0.15) is 12.0 Å². The molecule has 1 aromatic heterocycles. The minimum atomic E-state index is -1.02. The van der Waals surface area contributed by atoms with Crippen LogP contribution >= 0.6 is 11.8 Å². The lowest BCUT2D eigenvalue weighted by Crippen LogP contribution is -2.36. The fourth-order valence-corrected chi connectivity index (χ4v) is 1.97. The first-order valence-corrected chi connectivity index (χ1v) is 5.78. The molecule has 1 rings (SSSR count). The molecule has 1 unspecified atom stereocenters. The van der Waals surface area contributed by atoms with Crippen molar-refractivity contribution < 1.29 is 19.2 Å². The molecule has 1 heterocycles. The number of nitrogens with zero attached hydrogens (tertiary/aromatic N) is 1. The van der Waals surface area contributed by atoms with E-state index < -0.39 is 12.0 Å². The van der Waals surface area contributed by atoms with Gasteiger partial charge in [0, 0.05) is 11.3 Å². The average Bonchev–Trinajstić information content (AvgIpc) is 2.75. The van der Waals surface area contributed by atoms with Crippen molar-refractivity contribution in [3.8, 4) is 0 Å². The number of carbonyl (C=O) groups excluding carboxylic acids is 1. The van der Waals surface area contributed by atoms with Gasteiger partial charge < -0.3 is 14.9 Å². The molecule has 6 nitrogen and oxygen atoms in total. The van der Waals surface area contributed by atoms with E-state index in [0.717, 1.165) is 11.3 Å². The van der Waals surface area contributed by atoms with E-state index in [9.17, 15) is 9.59 Å². The molecule has 0 radical (unpaired) electrons. The van der Waals surface area contributed by atoms with Crippen molar-refractivity contribution in [2.75, 3.05) is 5.75 Å². The maximum absolute atomic E-state index is 10.7. The van der Waals surface area contributed by atoms with Gasteiger partial charge in [-0.15, -0.1) is 0 Å². The monoisotopic (exact) mass is 244 g/mol. The van der Waals surface area contributed by atoms with Crippen LogP contribution in [0.25, 0.3) is 0 Å². The lowest BCUT2D eigenvalue weighted by Gasteiger charge is -2.09. The number of rotatable bonds is 8. The zero-order valence-corrected chi connectivity index (χ0v) is 9.27. The Labute approximate surface area is 96.4 Å². The highest BCUT2D eigenvalue weighted by Gasteiger charge is 2.15. The van der Waals surface area contributed by atoms with Crippen molar-refractivity contribution in [2.45, 2.75) is 18.2 Å². The van der Waals surface area contributed by atoms with Crippen LogP contribution in [-0.4, -0.2) is 34.4 Å². The van der Waals surface area contributed by atoms with Crippen molar-refractivity contribution in [2.24, 2.45) is 0 Å². The van der Waals surface area contributed by atoms with E-state index >= 15 is 0 Å². The summed E-state index contributed by atoms with van der Waals surface area (Å²) in [5, 5.41) is 14.5. The fourth-order valence-electron chi connectivity index (χ4n) is 1.05. The molecule has 0 aliphatic rings. The zero-order chi connectivity index (χ0) is 11.8. The predicted molar refractivity (Wildman–Crippen MR) is 57.9 cm³/mol. The molecule has 0 bridgehead atoms. The molecular formula is C9H12N2O4S. The summed E-state index contributed by atoms with van der Waals surface area (Å²) in [4.78, 5) is 20.8. The van der Waals surface area contributed by atoms with Gasteiger partial charge in [-0.2, -0.15) is 11.8 Å². The molecule has 0 aromatic carbocycles. The van der Waals surface area contributed by atoms with Gasteiger partial charge in [-0.25, -0.2) is 4.79 Å². The molecule has 0 aliphatic heterocycles. The first-order valence-electron chi connectivity index (χ1n) is 4.62. The maximum atomic E-state index is 10.7. The summed E-state index contributed by atoms with van der Waals surface area (Å²) in [7, 11) is 0. The minimum absolute atomic E-state index is 0.393. The second kappa shape index (κ2) is 6.89. The van der Waals surface area contributed by atoms with Crippen LogP contribution in [0.5, 0.6) is 0 Å². The molecule has 0 aliphatic carbocycles. The highest BCUT2D eigenvalue weighted by atomic mass is 32.2. The Morgan fingerprint density at radius 2 is 2.56 bits per heavy atom. The number of carboxylic acid groups (broad SMARTS) is 1. The summed E-state index contributed by atoms with van der Waals surface area (Å²) in [5.41, 5.74) is 0.959. The molecule has 2 N–H and O–H groups in total. The summed E-state index contributed by atoms with van der Waals surface area (Å²) in [6, 6.07) is -0.813. The maximum Gasteiger partial charge on any atom is 0.326 e. The number of carbonyl (C=O) groups is 2. The van der Waals surface area contributed by atoms with E-state index in [4.69, 9.17) is 5.11 Å². The number of aliphatic carboxylic acids is 1. The van der Waals surface area contributed by atoms with Crippen LogP contribution in [0.15, 0.2) is 17.0 Å². The Morgan fingerprint density at radius 1 is 1.75 bits per heavy atom. The van der Waals surface area contributed by atoms with Crippen LogP contribution in [0, 0.1) is 0 Å². The Bertz CT molecular complexity index is 328. The first-order chi connectivity index (χ1) is 7.74. The quantitative estimate of drug-likeness (QED) is 0.511. The molecule has 0 saturated carbocycles. The molecule has 0 fully saturated rings. The Morgan fingerprint density at radius 3 is 3.12 bits per heavy atom. The second-order valence-corrected chi connectivity index (χ2v) is 4.15. The highest BCUT2D eigenvalue weighted by Crippen LogP contribution is 2.13. The van der Waals surface area contributed by atoms with Gasteiger partial charge in [0.25, 0.3) is 0 Å². The predicted octanol–water partition coefficient (Wildman–Crippen LogP) is 0.497. The van der Waals surface area contributed by atoms with E-state index in [1.165, 1.54) is 0 Å². The molecule has 88 valence electrons. The van der Waals surface area contributed by atoms with Gasteiger partial charge in [-0.1, -0.05) is 5.16 Å². The Balaban J connectivity index is 2.18. The van der Waals surface area contributed by atoms with Crippen molar-refractivity contribution in [1.82, 2.24) is 10.5 Å². The minimum Gasteiger partial charge on any atom is -0.480 e.